The van der Waals surface area contributed by atoms with E-state index in [1.165, 1.54) is 6.20 Å². The lowest BCUT2D eigenvalue weighted by atomic mass is 10.3. The zero-order valence-corrected chi connectivity index (χ0v) is 15.0. The molecule has 0 saturated heterocycles. The van der Waals surface area contributed by atoms with Crippen LogP contribution < -0.4 is 10.6 Å². The first-order chi connectivity index (χ1) is 11.5. The second-order valence-electron chi connectivity index (χ2n) is 5.43. The maximum atomic E-state index is 12.3. The van der Waals surface area contributed by atoms with Crippen LogP contribution in [0.15, 0.2) is 30.5 Å². The van der Waals surface area contributed by atoms with E-state index in [0.29, 0.717) is 21.7 Å². The van der Waals surface area contributed by atoms with Gasteiger partial charge in [0.15, 0.2) is 0 Å². The highest BCUT2D eigenvalue weighted by molar-refractivity contribution is 6.35. The summed E-state index contributed by atoms with van der Waals surface area (Å²) in [6.07, 6.45) is 2.49. The van der Waals surface area contributed by atoms with Crippen molar-refractivity contribution in [1.82, 2.24) is 14.9 Å². The topological polar surface area (TPSA) is 70.2 Å². The SMILES string of the molecule is CN(C)CCCNc1nccc(C(=O)Nc2cc(Cl)ccc2Cl)n1. The lowest BCUT2D eigenvalue weighted by Gasteiger charge is -2.10. The molecule has 2 rings (SSSR count). The van der Waals surface area contributed by atoms with Gasteiger partial charge in [-0.1, -0.05) is 23.2 Å². The van der Waals surface area contributed by atoms with Crippen LogP contribution in [0.1, 0.15) is 16.9 Å². The number of nitrogens with one attached hydrogen (secondary N) is 2. The molecule has 0 saturated carbocycles. The van der Waals surface area contributed by atoms with Crippen LogP contribution in [0.25, 0.3) is 0 Å². The highest BCUT2D eigenvalue weighted by Gasteiger charge is 2.11. The lowest BCUT2D eigenvalue weighted by molar-refractivity contribution is 0.102. The third-order valence-corrected chi connectivity index (χ3v) is 3.69. The summed E-state index contributed by atoms with van der Waals surface area (Å²) in [5, 5.41) is 6.69. The van der Waals surface area contributed by atoms with Gasteiger partial charge in [-0.25, -0.2) is 9.97 Å². The van der Waals surface area contributed by atoms with Gasteiger partial charge < -0.3 is 15.5 Å². The summed E-state index contributed by atoms with van der Waals surface area (Å²) in [6, 6.07) is 6.40. The van der Waals surface area contributed by atoms with Gasteiger partial charge in [-0.15, -0.1) is 0 Å². The first-order valence-corrected chi connectivity index (χ1v) is 8.19. The Kier molecular flexibility index (Phi) is 6.78. The summed E-state index contributed by atoms with van der Waals surface area (Å²) in [6.45, 7) is 1.68. The van der Waals surface area contributed by atoms with E-state index < -0.39 is 0 Å². The third kappa shape index (κ3) is 5.63. The number of rotatable bonds is 7. The molecular formula is C16H19Cl2N5O. The summed E-state index contributed by atoms with van der Waals surface area (Å²) in [4.78, 5) is 22.7. The molecule has 1 heterocycles. The Balaban J connectivity index is 1.99. The van der Waals surface area contributed by atoms with Crippen molar-refractivity contribution in [3.8, 4) is 0 Å². The quantitative estimate of drug-likeness (QED) is 0.733. The van der Waals surface area contributed by atoms with Crippen molar-refractivity contribution >= 4 is 40.7 Å². The van der Waals surface area contributed by atoms with Gasteiger partial charge in [0.1, 0.15) is 5.69 Å². The average molecular weight is 368 g/mol. The molecule has 6 nitrogen and oxygen atoms in total. The second-order valence-corrected chi connectivity index (χ2v) is 6.27. The van der Waals surface area contributed by atoms with Gasteiger partial charge in [0, 0.05) is 17.8 Å². The first kappa shape index (κ1) is 18.4. The number of anilines is 2. The number of nitrogens with zero attached hydrogens (tertiary/aromatic N) is 3. The second kappa shape index (κ2) is 8.82. The molecule has 0 unspecified atom stereocenters. The molecule has 8 heteroatoms. The van der Waals surface area contributed by atoms with Gasteiger partial charge in [0.25, 0.3) is 5.91 Å². The van der Waals surface area contributed by atoms with Gasteiger partial charge in [-0.2, -0.15) is 0 Å². The molecule has 2 N–H and O–H groups in total. The minimum absolute atomic E-state index is 0.246. The molecule has 0 radical (unpaired) electrons. The molecule has 0 spiro atoms. The van der Waals surface area contributed by atoms with Crippen molar-refractivity contribution in [3.05, 3.63) is 46.2 Å². The molecule has 24 heavy (non-hydrogen) atoms. The summed E-state index contributed by atoms with van der Waals surface area (Å²) in [5.41, 5.74) is 0.685. The Morgan fingerprint density at radius 3 is 2.79 bits per heavy atom. The number of carbonyl (C=O) groups excluding carboxylic acids is 1. The van der Waals surface area contributed by atoms with E-state index in [9.17, 15) is 4.79 Å². The minimum Gasteiger partial charge on any atom is -0.354 e. The molecule has 128 valence electrons. The number of aromatic nitrogens is 2. The molecule has 2 aromatic rings. The minimum atomic E-state index is -0.377. The van der Waals surface area contributed by atoms with Crippen LogP contribution in [0.3, 0.4) is 0 Å². The van der Waals surface area contributed by atoms with E-state index in [4.69, 9.17) is 23.2 Å². The van der Waals surface area contributed by atoms with Crippen molar-refractivity contribution in [2.45, 2.75) is 6.42 Å². The molecule has 0 aliphatic heterocycles. The van der Waals surface area contributed by atoms with Gasteiger partial charge >= 0.3 is 0 Å². The highest BCUT2D eigenvalue weighted by Crippen LogP contribution is 2.25. The fourth-order valence-electron chi connectivity index (χ4n) is 1.95. The van der Waals surface area contributed by atoms with Crippen LogP contribution in [0.4, 0.5) is 11.6 Å². The number of carbonyl (C=O) groups is 1. The average Bonchev–Trinajstić information content (AvgIpc) is 2.55. The maximum Gasteiger partial charge on any atom is 0.274 e. The Morgan fingerprint density at radius 2 is 2.04 bits per heavy atom. The van der Waals surface area contributed by atoms with Crippen molar-refractivity contribution in [3.63, 3.8) is 0 Å². The molecule has 0 aliphatic carbocycles. The molecule has 0 aliphatic rings. The standard InChI is InChI=1S/C16H19Cl2N5O/c1-23(2)9-3-7-19-16-20-8-6-13(22-16)15(24)21-14-10-11(17)4-5-12(14)18/h4-6,8,10H,3,7,9H2,1-2H3,(H,21,24)(H,19,20,22). The molecule has 0 atom stereocenters. The van der Waals surface area contributed by atoms with E-state index >= 15 is 0 Å². The van der Waals surface area contributed by atoms with Gasteiger partial charge in [0.2, 0.25) is 5.95 Å². The van der Waals surface area contributed by atoms with Crippen molar-refractivity contribution in [2.24, 2.45) is 0 Å². The number of hydrogen-bond donors (Lipinski definition) is 2. The van der Waals surface area contributed by atoms with Gasteiger partial charge in [-0.05, 0) is 51.3 Å². The zero-order valence-electron chi connectivity index (χ0n) is 13.5. The predicted octanol–water partition coefficient (Wildman–Crippen LogP) is 3.40. The van der Waals surface area contributed by atoms with Crippen LogP contribution in [0.2, 0.25) is 10.0 Å². The number of hydrogen-bond acceptors (Lipinski definition) is 5. The Labute approximate surface area is 151 Å². The van der Waals surface area contributed by atoms with Crippen LogP contribution in [0.5, 0.6) is 0 Å². The normalized spacial score (nSPS) is 10.7. The molecule has 0 bridgehead atoms. The molecular weight excluding hydrogens is 349 g/mol. The Hall–Kier alpha value is -1.89. The zero-order chi connectivity index (χ0) is 17.5. The number of amides is 1. The van der Waals surface area contributed by atoms with E-state index in [0.717, 1.165) is 19.5 Å². The van der Waals surface area contributed by atoms with Crippen LogP contribution in [0, 0.1) is 0 Å². The Bertz CT molecular complexity index is 709. The number of benzene rings is 1. The summed E-state index contributed by atoms with van der Waals surface area (Å²) < 4.78 is 0. The molecule has 1 aromatic carbocycles. The van der Waals surface area contributed by atoms with E-state index in [1.54, 1.807) is 24.3 Å². The number of halogens is 2. The van der Waals surface area contributed by atoms with E-state index in [-0.39, 0.29) is 11.6 Å². The summed E-state index contributed by atoms with van der Waals surface area (Å²) in [5.74, 6) is 0.0384. The smallest absolute Gasteiger partial charge is 0.274 e. The third-order valence-electron chi connectivity index (χ3n) is 3.13. The van der Waals surface area contributed by atoms with Crippen molar-refractivity contribution < 1.29 is 4.79 Å². The summed E-state index contributed by atoms with van der Waals surface area (Å²) in [7, 11) is 4.03. The molecule has 0 fully saturated rings. The molecule has 1 amide bonds. The largest absolute Gasteiger partial charge is 0.354 e. The summed E-state index contributed by atoms with van der Waals surface area (Å²) >= 11 is 12.0. The van der Waals surface area contributed by atoms with Crippen LogP contribution in [-0.4, -0.2) is 48.0 Å². The monoisotopic (exact) mass is 367 g/mol. The lowest BCUT2D eigenvalue weighted by Crippen LogP contribution is -2.18. The highest BCUT2D eigenvalue weighted by atomic mass is 35.5. The van der Waals surface area contributed by atoms with Crippen LogP contribution in [-0.2, 0) is 0 Å². The van der Waals surface area contributed by atoms with E-state index in [2.05, 4.69) is 25.5 Å². The van der Waals surface area contributed by atoms with Crippen molar-refractivity contribution in [1.29, 1.82) is 0 Å². The van der Waals surface area contributed by atoms with E-state index in [1.807, 2.05) is 14.1 Å². The predicted molar refractivity (Wildman–Crippen MR) is 98.1 cm³/mol. The fourth-order valence-corrected chi connectivity index (χ4v) is 2.28. The van der Waals surface area contributed by atoms with Gasteiger partial charge in [-0.3, -0.25) is 4.79 Å². The fraction of sp³-hybridized carbons (Fsp3) is 0.312. The van der Waals surface area contributed by atoms with Gasteiger partial charge in [0.05, 0.1) is 10.7 Å². The molecule has 1 aromatic heterocycles. The van der Waals surface area contributed by atoms with Crippen LogP contribution >= 0.6 is 23.2 Å². The van der Waals surface area contributed by atoms with Crippen molar-refractivity contribution in [2.75, 3.05) is 37.8 Å². The first-order valence-electron chi connectivity index (χ1n) is 7.44. The Morgan fingerprint density at radius 1 is 1.25 bits per heavy atom. The maximum absolute atomic E-state index is 12.3.